The van der Waals surface area contributed by atoms with Gasteiger partial charge in [0.1, 0.15) is 11.9 Å². The summed E-state index contributed by atoms with van der Waals surface area (Å²) in [6, 6.07) is 10.9. The highest BCUT2D eigenvalue weighted by molar-refractivity contribution is 6.08. The predicted octanol–water partition coefficient (Wildman–Crippen LogP) is 3.04. The minimum absolute atomic E-state index is 0.195. The summed E-state index contributed by atoms with van der Waals surface area (Å²) in [6.07, 6.45) is 0.195. The van der Waals surface area contributed by atoms with Gasteiger partial charge in [-0.2, -0.15) is 0 Å². The third-order valence-electron chi connectivity index (χ3n) is 3.10. The topological polar surface area (TPSA) is 80.4 Å². The number of carboxylic acids is 1. The number of rotatable bonds is 5. The Morgan fingerprint density at radius 2 is 1.43 bits per heavy atom. The second kappa shape index (κ2) is 8.80. The van der Waals surface area contributed by atoms with Crippen LogP contribution in [-0.4, -0.2) is 22.9 Å². The molecule has 0 spiro atoms. The quantitative estimate of drug-likeness (QED) is 0.831. The number of benzene rings is 2. The predicted molar refractivity (Wildman–Crippen MR) is 86.9 cm³/mol. The van der Waals surface area contributed by atoms with Crippen LogP contribution in [0.4, 0.5) is 4.39 Å². The maximum absolute atomic E-state index is 12.8. The smallest absolute Gasteiger partial charge is 0.320 e. The van der Waals surface area contributed by atoms with E-state index in [4.69, 9.17) is 10.8 Å². The Balaban J connectivity index is 0.00000127. The Kier molecular flexibility index (Phi) is 7.09. The molecule has 0 saturated carbocycles. The Hall–Kier alpha value is -2.53. The molecule has 2 aromatic rings. The maximum Gasteiger partial charge on any atom is 0.320 e. The van der Waals surface area contributed by atoms with Crippen molar-refractivity contribution < 1.29 is 19.1 Å². The minimum Gasteiger partial charge on any atom is -0.480 e. The summed E-state index contributed by atoms with van der Waals surface area (Å²) < 4.78 is 12.8. The molecule has 0 aromatic heterocycles. The SMILES string of the molecule is CC.NC(Cc1ccc(C(=O)c2ccc(F)cc2)cc1)C(=O)O. The van der Waals surface area contributed by atoms with Crippen molar-refractivity contribution in [3.8, 4) is 0 Å². The number of carbonyl (C=O) groups excluding carboxylic acids is 1. The molecule has 0 saturated heterocycles. The third kappa shape index (κ3) is 5.30. The number of ketones is 1. The number of hydrogen-bond acceptors (Lipinski definition) is 3. The molecule has 1 unspecified atom stereocenters. The Labute approximate surface area is 134 Å². The zero-order valence-corrected chi connectivity index (χ0v) is 13.1. The molecular weight excluding hydrogens is 297 g/mol. The number of carboxylic acid groups (broad SMARTS) is 1. The van der Waals surface area contributed by atoms with Crippen molar-refractivity contribution in [3.63, 3.8) is 0 Å². The van der Waals surface area contributed by atoms with Crippen LogP contribution in [0.15, 0.2) is 48.5 Å². The molecule has 122 valence electrons. The highest BCUT2D eigenvalue weighted by Gasteiger charge is 2.13. The van der Waals surface area contributed by atoms with Crippen LogP contribution in [0.25, 0.3) is 0 Å². The summed E-state index contributed by atoms with van der Waals surface area (Å²) >= 11 is 0. The van der Waals surface area contributed by atoms with Gasteiger partial charge in [0.25, 0.3) is 0 Å². The summed E-state index contributed by atoms with van der Waals surface area (Å²) in [5, 5.41) is 8.75. The molecular formula is C18H20FNO3. The number of carbonyl (C=O) groups is 2. The highest BCUT2D eigenvalue weighted by Crippen LogP contribution is 2.13. The average molecular weight is 317 g/mol. The van der Waals surface area contributed by atoms with Gasteiger partial charge in [0.15, 0.2) is 5.78 Å². The summed E-state index contributed by atoms with van der Waals surface area (Å²) in [7, 11) is 0. The van der Waals surface area contributed by atoms with E-state index in [1.165, 1.54) is 24.3 Å². The van der Waals surface area contributed by atoms with Gasteiger partial charge in [0.05, 0.1) is 0 Å². The number of aliphatic carboxylic acids is 1. The first-order valence-corrected chi connectivity index (χ1v) is 7.35. The Bertz CT molecular complexity index is 651. The Morgan fingerprint density at radius 3 is 1.87 bits per heavy atom. The van der Waals surface area contributed by atoms with E-state index in [9.17, 15) is 14.0 Å². The summed E-state index contributed by atoms with van der Waals surface area (Å²) in [6.45, 7) is 4.00. The van der Waals surface area contributed by atoms with Gasteiger partial charge in [0.2, 0.25) is 0 Å². The lowest BCUT2D eigenvalue weighted by Crippen LogP contribution is -2.32. The molecule has 5 heteroatoms. The molecule has 0 radical (unpaired) electrons. The zero-order chi connectivity index (χ0) is 17.4. The van der Waals surface area contributed by atoms with Crippen LogP contribution in [-0.2, 0) is 11.2 Å². The molecule has 2 aromatic carbocycles. The van der Waals surface area contributed by atoms with E-state index < -0.39 is 17.8 Å². The van der Waals surface area contributed by atoms with Gasteiger partial charge >= 0.3 is 5.97 Å². The van der Waals surface area contributed by atoms with Gasteiger partial charge in [-0.05, 0) is 36.2 Å². The fourth-order valence-corrected chi connectivity index (χ4v) is 1.90. The van der Waals surface area contributed by atoms with Crippen LogP contribution in [0, 0.1) is 5.82 Å². The highest BCUT2D eigenvalue weighted by atomic mass is 19.1. The van der Waals surface area contributed by atoms with Crippen LogP contribution < -0.4 is 5.73 Å². The van der Waals surface area contributed by atoms with Gasteiger partial charge < -0.3 is 10.8 Å². The monoisotopic (exact) mass is 317 g/mol. The van der Waals surface area contributed by atoms with Crippen molar-refractivity contribution in [2.24, 2.45) is 5.73 Å². The molecule has 0 bridgehead atoms. The molecule has 0 amide bonds. The molecule has 2 rings (SSSR count). The van der Waals surface area contributed by atoms with Crippen LogP contribution in [0.5, 0.6) is 0 Å². The van der Waals surface area contributed by atoms with E-state index in [0.29, 0.717) is 11.1 Å². The van der Waals surface area contributed by atoms with Crippen LogP contribution in [0.2, 0.25) is 0 Å². The van der Waals surface area contributed by atoms with E-state index >= 15 is 0 Å². The Morgan fingerprint density at radius 1 is 1.00 bits per heavy atom. The maximum atomic E-state index is 12.8. The van der Waals surface area contributed by atoms with Crippen molar-refractivity contribution in [3.05, 3.63) is 71.0 Å². The molecule has 0 aliphatic heterocycles. The number of hydrogen-bond donors (Lipinski definition) is 2. The van der Waals surface area contributed by atoms with Crippen molar-refractivity contribution in [1.29, 1.82) is 0 Å². The molecule has 0 fully saturated rings. The second-order valence-electron chi connectivity index (χ2n) is 4.68. The molecule has 0 aliphatic rings. The zero-order valence-electron chi connectivity index (χ0n) is 13.1. The first kappa shape index (κ1) is 18.5. The third-order valence-corrected chi connectivity index (χ3v) is 3.10. The first-order valence-electron chi connectivity index (χ1n) is 7.35. The van der Waals surface area contributed by atoms with Gasteiger partial charge in [-0.15, -0.1) is 0 Å². The van der Waals surface area contributed by atoms with Crippen molar-refractivity contribution in [2.45, 2.75) is 26.3 Å². The van der Waals surface area contributed by atoms with E-state index in [1.54, 1.807) is 24.3 Å². The normalized spacial score (nSPS) is 11.1. The van der Waals surface area contributed by atoms with E-state index in [0.717, 1.165) is 5.56 Å². The molecule has 4 nitrogen and oxygen atoms in total. The second-order valence-corrected chi connectivity index (χ2v) is 4.68. The van der Waals surface area contributed by atoms with Crippen molar-refractivity contribution >= 4 is 11.8 Å². The van der Waals surface area contributed by atoms with E-state index in [-0.39, 0.29) is 12.2 Å². The van der Waals surface area contributed by atoms with Gasteiger partial charge in [-0.25, -0.2) is 4.39 Å². The summed E-state index contributed by atoms with van der Waals surface area (Å²) in [5.41, 5.74) is 7.03. The van der Waals surface area contributed by atoms with E-state index in [2.05, 4.69) is 0 Å². The molecule has 0 aliphatic carbocycles. The summed E-state index contributed by atoms with van der Waals surface area (Å²) in [5.74, 6) is -1.69. The number of halogens is 1. The molecule has 0 heterocycles. The largest absolute Gasteiger partial charge is 0.480 e. The lowest BCUT2D eigenvalue weighted by Gasteiger charge is -2.07. The van der Waals surface area contributed by atoms with Crippen molar-refractivity contribution in [1.82, 2.24) is 0 Å². The molecule has 23 heavy (non-hydrogen) atoms. The fourth-order valence-electron chi connectivity index (χ4n) is 1.90. The fraction of sp³-hybridized carbons (Fsp3) is 0.222. The van der Waals surface area contributed by atoms with Crippen LogP contribution in [0.1, 0.15) is 35.3 Å². The lowest BCUT2D eigenvalue weighted by atomic mass is 10.00. The van der Waals surface area contributed by atoms with Gasteiger partial charge in [-0.1, -0.05) is 38.1 Å². The summed E-state index contributed by atoms with van der Waals surface area (Å²) in [4.78, 5) is 22.8. The standard InChI is InChI=1S/C16H14FNO3.C2H6/c17-13-7-5-12(6-8-13)15(19)11-3-1-10(2-4-11)9-14(18)16(20)21;1-2/h1-8,14H,9,18H2,(H,20,21);1-2H3. The van der Waals surface area contributed by atoms with Crippen LogP contribution in [0.3, 0.4) is 0 Å². The number of nitrogens with two attached hydrogens (primary N) is 1. The first-order chi connectivity index (χ1) is 11.0. The van der Waals surface area contributed by atoms with Crippen LogP contribution >= 0.6 is 0 Å². The van der Waals surface area contributed by atoms with Gasteiger partial charge in [0, 0.05) is 11.1 Å². The van der Waals surface area contributed by atoms with E-state index in [1.807, 2.05) is 13.8 Å². The van der Waals surface area contributed by atoms with Gasteiger partial charge in [-0.3, -0.25) is 9.59 Å². The molecule has 1 atom stereocenters. The minimum atomic E-state index is -1.07. The molecule has 3 N–H and O–H groups in total. The lowest BCUT2D eigenvalue weighted by molar-refractivity contribution is -0.138. The average Bonchev–Trinajstić information content (AvgIpc) is 2.57. The van der Waals surface area contributed by atoms with Crippen molar-refractivity contribution in [2.75, 3.05) is 0 Å².